The van der Waals surface area contributed by atoms with E-state index < -0.39 is 7.14 Å². The predicted molar refractivity (Wildman–Crippen MR) is 159 cm³/mol. The third-order valence-corrected chi connectivity index (χ3v) is 10.2. The normalized spacial score (nSPS) is 11.8. The van der Waals surface area contributed by atoms with Crippen LogP contribution < -0.4 is 15.9 Å². The molecule has 0 aliphatic carbocycles. The van der Waals surface area contributed by atoms with E-state index >= 15 is 0 Å². The summed E-state index contributed by atoms with van der Waals surface area (Å²) in [5.74, 6) is 0. The van der Waals surface area contributed by atoms with Gasteiger partial charge in [-0.05, 0) is 40.6 Å². The summed E-state index contributed by atoms with van der Waals surface area (Å²) in [5, 5.41) is 6.82. The maximum absolute atomic E-state index is 14.8. The summed E-state index contributed by atoms with van der Waals surface area (Å²) in [4.78, 5) is 9.32. The van der Waals surface area contributed by atoms with Gasteiger partial charge in [-0.25, -0.2) is 0 Å². The lowest BCUT2D eigenvalue weighted by Gasteiger charge is -2.20. The Labute approximate surface area is 220 Å². The number of fused-ring (bicyclic) bond motifs is 4. The molecule has 0 N–H and O–H groups in total. The maximum atomic E-state index is 14.8. The summed E-state index contributed by atoms with van der Waals surface area (Å²) in [7, 11) is -3.01. The van der Waals surface area contributed by atoms with E-state index in [4.69, 9.17) is 4.98 Å². The zero-order valence-corrected chi connectivity index (χ0v) is 21.4. The third-order valence-electron chi connectivity index (χ3n) is 7.18. The molecule has 2 heterocycles. The van der Waals surface area contributed by atoms with Crippen LogP contribution in [0.3, 0.4) is 0 Å². The number of hydrogen-bond acceptors (Lipinski definition) is 3. The van der Waals surface area contributed by atoms with Gasteiger partial charge in [0.05, 0.1) is 11.0 Å². The van der Waals surface area contributed by atoms with E-state index in [0.717, 1.165) is 59.6 Å². The van der Waals surface area contributed by atoms with Crippen molar-refractivity contribution >= 4 is 55.6 Å². The van der Waals surface area contributed by atoms with Gasteiger partial charge in [0.2, 0.25) is 0 Å². The highest BCUT2D eigenvalue weighted by atomic mass is 31.2. The van der Waals surface area contributed by atoms with E-state index in [1.54, 1.807) is 0 Å². The minimum Gasteiger partial charge on any atom is -0.309 e. The van der Waals surface area contributed by atoms with Crippen molar-refractivity contribution in [1.29, 1.82) is 0 Å². The lowest BCUT2D eigenvalue weighted by atomic mass is 10.0. The van der Waals surface area contributed by atoms with Crippen molar-refractivity contribution in [3.63, 3.8) is 0 Å². The Balaban J connectivity index is 1.33. The summed E-state index contributed by atoms with van der Waals surface area (Å²) in [6.45, 7) is 0. The Hall–Kier alpha value is -4.59. The minimum atomic E-state index is -3.01. The van der Waals surface area contributed by atoms with Crippen molar-refractivity contribution in [3.05, 3.63) is 140 Å². The van der Waals surface area contributed by atoms with Gasteiger partial charge in [-0.2, -0.15) is 0 Å². The van der Waals surface area contributed by atoms with Crippen LogP contribution in [0.4, 0.5) is 0 Å². The molecule has 0 aliphatic rings. The highest BCUT2D eigenvalue weighted by Gasteiger charge is 2.29. The van der Waals surface area contributed by atoms with Gasteiger partial charge in [-0.1, -0.05) is 103 Å². The van der Waals surface area contributed by atoms with E-state index in [2.05, 4.69) is 59.6 Å². The molecule has 0 aliphatic heterocycles. The van der Waals surface area contributed by atoms with Gasteiger partial charge in [0, 0.05) is 44.6 Å². The molecule has 0 atom stereocenters. The fraction of sp³-hybridized carbons (Fsp3) is 0. The zero-order chi connectivity index (χ0) is 25.5. The molecule has 0 amide bonds. The number of nitrogens with zero attached hydrogens (tertiary/aromatic N) is 2. The maximum Gasteiger partial charge on any atom is 0.171 e. The standard InChI is InChI=1S/C34H23N2OP/c37-38(30-9-3-1-4-10-30,31-11-5-2-6-12-31)32-18-17-25-20-26(14-15-27(25)22-32)29-21-28-16-13-24-8-7-19-35-33(24)34(28)36-23-29/h1-23H. The van der Waals surface area contributed by atoms with Gasteiger partial charge < -0.3 is 4.57 Å². The highest BCUT2D eigenvalue weighted by Crippen LogP contribution is 2.43. The first kappa shape index (κ1) is 22.6. The highest BCUT2D eigenvalue weighted by molar-refractivity contribution is 7.85. The van der Waals surface area contributed by atoms with E-state index in [1.807, 2.05) is 85.2 Å². The molecule has 5 aromatic carbocycles. The molecule has 38 heavy (non-hydrogen) atoms. The van der Waals surface area contributed by atoms with Crippen LogP contribution >= 0.6 is 7.14 Å². The molecule has 0 unspecified atom stereocenters. The van der Waals surface area contributed by atoms with E-state index in [0.29, 0.717) is 0 Å². The number of hydrogen-bond donors (Lipinski definition) is 0. The Bertz CT molecular complexity index is 1960. The van der Waals surface area contributed by atoms with Gasteiger partial charge in [0.15, 0.2) is 7.14 Å². The molecule has 0 bridgehead atoms. The molecular formula is C34H23N2OP. The van der Waals surface area contributed by atoms with Crippen molar-refractivity contribution in [2.24, 2.45) is 0 Å². The van der Waals surface area contributed by atoms with Crippen LogP contribution in [0, 0.1) is 0 Å². The van der Waals surface area contributed by atoms with E-state index in [1.165, 1.54) is 0 Å². The monoisotopic (exact) mass is 506 g/mol. The lowest BCUT2D eigenvalue weighted by Crippen LogP contribution is -2.24. The van der Waals surface area contributed by atoms with Crippen LogP contribution in [0.15, 0.2) is 140 Å². The van der Waals surface area contributed by atoms with Gasteiger partial charge in [0.1, 0.15) is 0 Å². The van der Waals surface area contributed by atoms with Crippen LogP contribution in [0.1, 0.15) is 0 Å². The third kappa shape index (κ3) is 3.72. The number of aromatic nitrogens is 2. The van der Waals surface area contributed by atoms with Gasteiger partial charge in [-0.15, -0.1) is 0 Å². The smallest absolute Gasteiger partial charge is 0.171 e. The molecule has 0 fully saturated rings. The number of rotatable bonds is 4. The minimum absolute atomic E-state index is 0.835. The Morgan fingerprint density at radius 3 is 1.82 bits per heavy atom. The molecule has 0 saturated heterocycles. The fourth-order valence-corrected chi connectivity index (χ4v) is 7.91. The second-order valence-corrected chi connectivity index (χ2v) is 12.2. The second-order valence-electron chi connectivity index (χ2n) is 9.46. The average molecular weight is 507 g/mol. The fourth-order valence-electron chi connectivity index (χ4n) is 5.23. The first-order chi connectivity index (χ1) is 18.7. The molecule has 0 saturated carbocycles. The van der Waals surface area contributed by atoms with Crippen molar-refractivity contribution in [2.45, 2.75) is 0 Å². The average Bonchev–Trinajstić information content (AvgIpc) is 3.00. The topological polar surface area (TPSA) is 42.9 Å². The molecule has 4 heteroatoms. The number of pyridine rings is 2. The molecule has 7 aromatic rings. The Kier molecular flexibility index (Phi) is 5.39. The SMILES string of the molecule is O=P(c1ccccc1)(c1ccccc1)c1ccc2cc(-c3cnc4c(ccc5cccnc54)c3)ccc2c1. The van der Waals surface area contributed by atoms with E-state index in [9.17, 15) is 4.57 Å². The van der Waals surface area contributed by atoms with Gasteiger partial charge >= 0.3 is 0 Å². The summed E-state index contributed by atoms with van der Waals surface area (Å²) >= 11 is 0. The summed E-state index contributed by atoms with van der Waals surface area (Å²) in [6, 6.07) is 42.5. The molecule has 7 rings (SSSR count). The van der Waals surface area contributed by atoms with Crippen LogP contribution in [0.5, 0.6) is 0 Å². The van der Waals surface area contributed by atoms with E-state index in [-0.39, 0.29) is 0 Å². The van der Waals surface area contributed by atoms with Crippen LogP contribution in [0.25, 0.3) is 43.7 Å². The molecule has 180 valence electrons. The summed E-state index contributed by atoms with van der Waals surface area (Å²) in [6.07, 6.45) is 3.73. The Morgan fingerprint density at radius 2 is 1.05 bits per heavy atom. The Morgan fingerprint density at radius 1 is 0.447 bits per heavy atom. The summed E-state index contributed by atoms with van der Waals surface area (Å²) in [5.41, 5.74) is 3.98. The largest absolute Gasteiger partial charge is 0.309 e. The second kappa shape index (κ2) is 9.06. The number of benzene rings is 5. The molecular weight excluding hydrogens is 483 g/mol. The van der Waals surface area contributed by atoms with Crippen molar-refractivity contribution in [2.75, 3.05) is 0 Å². The zero-order valence-electron chi connectivity index (χ0n) is 20.5. The van der Waals surface area contributed by atoms with Crippen LogP contribution in [0.2, 0.25) is 0 Å². The molecule has 3 nitrogen and oxygen atoms in total. The van der Waals surface area contributed by atoms with Crippen LogP contribution in [-0.4, -0.2) is 9.97 Å². The lowest BCUT2D eigenvalue weighted by molar-refractivity contribution is 0.592. The molecule has 0 radical (unpaired) electrons. The van der Waals surface area contributed by atoms with Crippen molar-refractivity contribution in [1.82, 2.24) is 9.97 Å². The molecule has 2 aromatic heterocycles. The van der Waals surface area contributed by atoms with Crippen LogP contribution in [-0.2, 0) is 4.57 Å². The van der Waals surface area contributed by atoms with Gasteiger partial charge in [-0.3, -0.25) is 9.97 Å². The first-order valence-corrected chi connectivity index (χ1v) is 14.3. The quantitative estimate of drug-likeness (QED) is 0.187. The first-order valence-electron chi connectivity index (χ1n) is 12.6. The van der Waals surface area contributed by atoms with Gasteiger partial charge in [0.25, 0.3) is 0 Å². The molecule has 0 spiro atoms. The predicted octanol–water partition coefficient (Wildman–Crippen LogP) is 7.24. The van der Waals surface area contributed by atoms with Crippen molar-refractivity contribution in [3.8, 4) is 11.1 Å². The summed E-state index contributed by atoms with van der Waals surface area (Å²) < 4.78 is 14.8. The van der Waals surface area contributed by atoms with Crippen molar-refractivity contribution < 1.29 is 4.57 Å².